The van der Waals surface area contributed by atoms with E-state index in [2.05, 4.69) is 17.0 Å². The van der Waals surface area contributed by atoms with E-state index in [0.29, 0.717) is 18.0 Å². The van der Waals surface area contributed by atoms with Crippen molar-refractivity contribution in [2.24, 2.45) is 0 Å². The minimum atomic E-state index is -3.42. The van der Waals surface area contributed by atoms with Crippen LogP contribution in [-0.2, 0) is 29.5 Å². The first-order valence-electron chi connectivity index (χ1n) is 6.33. The maximum atomic E-state index is 12.2. The van der Waals surface area contributed by atoms with Crippen LogP contribution in [0, 0.1) is 0 Å². The summed E-state index contributed by atoms with van der Waals surface area (Å²) < 4.78 is 27.1. The van der Waals surface area contributed by atoms with Crippen molar-refractivity contribution in [2.45, 2.75) is 31.3 Å². The summed E-state index contributed by atoms with van der Waals surface area (Å²) in [4.78, 5) is 2.45. The van der Waals surface area contributed by atoms with Crippen LogP contribution < -0.4 is 10.0 Å². The molecule has 0 aromatic carbocycles. The minimum Gasteiger partial charge on any atom is -0.315 e. The molecular weight excluding hydrogens is 312 g/mol. The van der Waals surface area contributed by atoms with E-state index >= 15 is 0 Å². The summed E-state index contributed by atoms with van der Waals surface area (Å²) >= 11 is 3.04. The molecule has 0 saturated heterocycles. The molecule has 2 aromatic rings. The van der Waals surface area contributed by atoms with Gasteiger partial charge in [-0.15, -0.1) is 22.7 Å². The van der Waals surface area contributed by atoms with Gasteiger partial charge >= 0.3 is 0 Å². The lowest BCUT2D eigenvalue weighted by Crippen LogP contribution is -2.22. The quantitative estimate of drug-likeness (QED) is 0.820. The summed E-state index contributed by atoms with van der Waals surface area (Å²) in [6, 6.07) is 3.77. The molecule has 20 heavy (non-hydrogen) atoms. The van der Waals surface area contributed by atoms with Gasteiger partial charge in [0.25, 0.3) is 0 Å². The number of nitrogens with one attached hydrogen (secondary N) is 2. The minimum absolute atomic E-state index is 0.349. The molecule has 0 radical (unpaired) electrons. The molecule has 0 bridgehead atoms. The maximum Gasteiger partial charge on any atom is 0.241 e. The number of hydrogen-bond acceptors (Lipinski definition) is 5. The van der Waals surface area contributed by atoms with E-state index in [1.54, 1.807) is 22.8 Å². The van der Waals surface area contributed by atoms with Gasteiger partial charge in [0, 0.05) is 28.2 Å². The summed E-state index contributed by atoms with van der Waals surface area (Å²) in [5.41, 5.74) is 1.21. The van der Waals surface area contributed by atoms with Gasteiger partial charge in [0.15, 0.2) is 0 Å². The smallest absolute Gasteiger partial charge is 0.241 e. The molecule has 0 aliphatic rings. The Balaban J connectivity index is 2.07. The Morgan fingerprint density at radius 3 is 2.75 bits per heavy atom. The number of aryl methyl sites for hydroxylation is 1. The second kappa shape index (κ2) is 6.82. The molecule has 2 aromatic heterocycles. The van der Waals surface area contributed by atoms with Gasteiger partial charge in [0.05, 0.1) is 4.90 Å². The van der Waals surface area contributed by atoms with Gasteiger partial charge in [-0.05, 0) is 36.5 Å². The molecule has 0 saturated carbocycles. The monoisotopic (exact) mass is 330 g/mol. The Morgan fingerprint density at radius 2 is 2.05 bits per heavy atom. The zero-order valence-corrected chi connectivity index (χ0v) is 13.9. The van der Waals surface area contributed by atoms with Crippen molar-refractivity contribution in [2.75, 3.05) is 7.05 Å². The number of hydrogen-bond donors (Lipinski definition) is 2. The van der Waals surface area contributed by atoms with Gasteiger partial charge in [0.2, 0.25) is 10.0 Å². The predicted octanol–water partition coefficient (Wildman–Crippen LogP) is 2.57. The first-order chi connectivity index (χ1) is 9.56. The normalized spacial score (nSPS) is 11.9. The lowest BCUT2D eigenvalue weighted by molar-refractivity contribution is 0.582. The highest BCUT2D eigenvalue weighted by Crippen LogP contribution is 2.21. The largest absolute Gasteiger partial charge is 0.315 e. The third-order valence-electron chi connectivity index (χ3n) is 2.93. The molecule has 110 valence electrons. The van der Waals surface area contributed by atoms with Crippen LogP contribution in [0.4, 0.5) is 0 Å². The first-order valence-corrected chi connectivity index (χ1v) is 9.58. The van der Waals surface area contributed by atoms with Crippen molar-refractivity contribution in [3.05, 3.63) is 38.2 Å². The van der Waals surface area contributed by atoms with Gasteiger partial charge < -0.3 is 5.32 Å². The Labute approximate surface area is 127 Å². The second-order valence-corrected chi connectivity index (χ2v) is 8.09. The van der Waals surface area contributed by atoms with Crippen LogP contribution in [0.15, 0.2) is 27.8 Å². The Morgan fingerprint density at radius 1 is 1.25 bits per heavy atom. The van der Waals surface area contributed by atoms with Gasteiger partial charge in [-0.3, -0.25) is 0 Å². The number of sulfonamides is 1. The summed E-state index contributed by atoms with van der Waals surface area (Å²) in [7, 11) is -1.58. The van der Waals surface area contributed by atoms with Crippen molar-refractivity contribution < 1.29 is 8.42 Å². The highest BCUT2D eigenvalue weighted by atomic mass is 32.2. The maximum absolute atomic E-state index is 12.2. The van der Waals surface area contributed by atoms with Gasteiger partial charge in [-0.25, -0.2) is 13.1 Å². The zero-order valence-electron chi connectivity index (χ0n) is 11.5. The average Bonchev–Trinajstić information content (AvgIpc) is 3.05. The molecule has 0 aliphatic carbocycles. The molecule has 4 nitrogen and oxygen atoms in total. The van der Waals surface area contributed by atoms with Crippen LogP contribution in [0.5, 0.6) is 0 Å². The van der Waals surface area contributed by atoms with E-state index in [1.807, 2.05) is 18.5 Å². The van der Waals surface area contributed by atoms with Crippen molar-refractivity contribution in [1.29, 1.82) is 0 Å². The fourth-order valence-electron chi connectivity index (χ4n) is 1.85. The van der Waals surface area contributed by atoms with Crippen molar-refractivity contribution in [1.82, 2.24) is 10.0 Å². The molecule has 0 fully saturated rings. The Hall–Kier alpha value is -0.730. The molecule has 0 unspecified atom stereocenters. The van der Waals surface area contributed by atoms with Crippen molar-refractivity contribution in [3.8, 4) is 0 Å². The van der Waals surface area contributed by atoms with E-state index < -0.39 is 10.0 Å². The van der Waals surface area contributed by atoms with Crippen molar-refractivity contribution >= 4 is 32.7 Å². The summed E-state index contributed by atoms with van der Waals surface area (Å²) in [6.45, 7) is 3.12. The molecule has 2 N–H and O–H groups in total. The lowest BCUT2D eigenvalue weighted by atomic mass is 10.2. The van der Waals surface area contributed by atoms with Crippen LogP contribution >= 0.6 is 22.7 Å². The second-order valence-electron chi connectivity index (χ2n) is 4.33. The fraction of sp³-hybridized carbons (Fsp3) is 0.385. The molecular formula is C13H18N2O2S3. The molecule has 2 heterocycles. The predicted molar refractivity (Wildman–Crippen MR) is 84.8 cm³/mol. The van der Waals surface area contributed by atoms with E-state index in [1.165, 1.54) is 16.9 Å². The number of rotatable bonds is 7. The highest BCUT2D eigenvalue weighted by Gasteiger charge is 2.16. The molecule has 2 rings (SSSR count). The Kier molecular flexibility index (Phi) is 5.34. The van der Waals surface area contributed by atoms with Crippen LogP contribution in [0.1, 0.15) is 22.2 Å². The summed E-state index contributed by atoms with van der Waals surface area (Å²) in [6.07, 6.45) is 0.922. The third-order valence-corrected chi connectivity index (χ3v) is 6.36. The van der Waals surface area contributed by atoms with E-state index in [9.17, 15) is 8.42 Å². The number of thiophene rings is 2. The van der Waals surface area contributed by atoms with Crippen LogP contribution in [-0.4, -0.2) is 15.5 Å². The Bertz CT molecular complexity index is 659. The lowest BCUT2D eigenvalue weighted by Gasteiger charge is -2.05. The topological polar surface area (TPSA) is 58.2 Å². The van der Waals surface area contributed by atoms with E-state index in [0.717, 1.165) is 16.2 Å². The zero-order chi connectivity index (χ0) is 14.6. The van der Waals surface area contributed by atoms with Gasteiger partial charge in [-0.2, -0.15) is 0 Å². The molecule has 0 amide bonds. The van der Waals surface area contributed by atoms with E-state index in [4.69, 9.17) is 0 Å². The van der Waals surface area contributed by atoms with E-state index in [-0.39, 0.29) is 0 Å². The van der Waals surface area contributed by atoms with Crippen LogP contribution in [0.2, 0.25) is 0 Å². The summed E-state index contributed by atoms with van der Waals surface area (Å²) in [5.74, 6) is 0. The first kappa shape index (κ1) is 15.7. The standard InChI is InChI=1S/C13H18N2O2S3/c1-3-10-4-5-18-13(10)8-15-20(16,17)12-6-11(7-14-2)19-9-12/h4-6,9,14-15H,3,7-8H2,1-2H3. The highest BCUT2D eigenvalue weighted by molar-refractivity contribution is 7.89. The summed E-state index contributed by atoms with van der Waals surface area (Å²) in [5, 5.41) is 6.70. The molecule has 0 spiro atoms. The molecule has 7 heteroatoms. The third kappa shape index (κ3) is 3.67. The van der Waals surface area contributed by atoms with Crippen molar-refractivity contribution in [3.63, 3.8) is 0 Å². The fourth-order valence-corrected chi connectivity index (χ4v) is 5.14. The van der Waals surface area contributed by atoms with Crippen LogP contribution in [0.25, 0.3) is 0 Å². The van der Waals surface area contributed by atoms with Crippen LogP contribution in [0.3, 0.4) is 0 Å². The molecule has 0 atom stereocenters. The average molecular weight is 331 g/mol. The SMILES string of the molecule is CCc1ccsc1CNS(=O)(=O)c1csc(CNC)c1. The molecule has 0 aliphatic heterocycles. The van der Waals surface area contributed by atoms with Gasteiger partial charge in [-0.1, -0.05) is 6.92 Å². The van der Waals surface area contributed by atoms with Gasteiger partial charge in [0.1, 0.15) is 0 Å².